The number of benzene rings is 1. The lowest BCUT2D eigenvalue weighted by Crippen LogP contribution is -2.31. The summed E-state index contributed by atoms with van der Waals surface area (Å²) in [6, 6.07) is 6.85. The lowest BCUT2D eigenvalue weighted by molar-refractivity contribution is -0.143. The zero-order chi connectivity index (χ0) is 12.4. The van der Waals surface area contributed by atoms with Gasteiger partial charge in [-0.2, -0.15) is 0 Å². The van der Waals surface area contributed by atoms with Crippen molar-refractivity contribution in [3.05, 3.63) is 29.8 Å². The Labute approximate surface area is 97.6 Å². The molecule has 1 aromatic rings. The van der Waals surface area contributed by atoms with Gasteiger partial charge in [-0.1, -0.05) is 18.2 Å². The molecular weight excluding hydrogens is 224 g/mol. The van der Waals surface area contributed by atoms with Crippen LogP contribution in [0.2, 0.25) is 0 Å². The molecule has 90 valence electrons. The van der Waals surface area contributed by atoms with Gasteiger partial charge in [0.15, 0.2) is 0 Å². The van der Waals surface area contributed by atoms with E-state index in [2.05, 4.69) is 0 Å². The van der Waals surface area contributed by atoms with Gasteiger partial charge in [0.05, 0.1) is 12.3 Å². The van der Waals surface area contributed by atoms with Gasteiger partial charge in [-0.25, -0.2) is 0 Å². The maximum absolute atomic E-state index is 11.1. The number of rotatable bonds is 3. The van der Waals surface area contributed by atoms with E-state index in [1.165, 1.54) is 0 Å². The Kier molecular flexibility index (Phi) is 2.99. The standard InChI is InChI=1S/C12H12O5/c13-11(14)6-7-5-9(12(15)16)8-3-1-2-4-10(8)17-7/h1-4,7,9H,5-6H2,(H,13,14)(H,15,16). The number of ether oxygens (including phenoxy) is 1. The van der Waals surface area contributed by atoms with Crippen LogP contribution in [-0.2, 0) is 9.59 Å². The molecule has 0 aromatic heterocycles. The summed E-state index contributed by atoms with van der Waals surface area (Å²) in [5, 5.41) is 17.8. The van der Waals surface area contributed by atoms with Gasteiger partial charge in [0, 0.05) is 12.0 Å². The van der Waals surface area contributed by atoms with Crippen molar-refractivity contribution < 1.29 is 24.5 Å². The average molecular weight is 236 g/mol. The highest BCUT2D eigenvalue weighted by molar-refractivity contribution is 5.78. The molecule has 0 saturated heterocycles. The largest absolute Gasteiger partial charge is 0.489 e. The van der Waals surface area contributed by atoms with Crippen LogP contribution in [0.4, 0.5) is 0 Å². The van der Waals surface area contributed by atoms with Crippen LogP contribution in [0.1, 0.15) is 24.3 Å². The summed E-state index contributed by atoms with van der Waals surface area (Å²) in [4.78, 5) is 21.8. The molecule has 0 amide bonds. The highest BCUT2D eigenvalue weighted by atomic mass is 16.5. The number of hydrogen-bond donors (Lipinski definition) is 2. The topological polar surface area (TPSA) is 83.8 Å². The van der Waals surface area contributed by atoms with E-state index in [0.29, 0.717) is 11.3 Å². The van der Waals surface area contributed by atoms with Crippen molar-refractivity contribution in [1.82, 2.24) is 0 Å². The molecule has 1 aromatic carbocycles. The van der Waals surface area contributed by atoms with Crippen LogP contribution in [0.3, 0.4) is 0 Å². The number of hydrogen-bond acceptors (Lipinski definition) is 3. The Morgan fingerprint density at radius 2 is 2.00 bits per heavy atom. The first kappa shape index (κ1) is 11.4. The van der Waals surface area contributed by atoms with Gasteiger partial charge in [-0.3, -0.25) is 9.59 Å². The molecule has 1 aliphatic heterocycles. The molecular formula is C12H12O5. The van der Waals surface area contributed by atoms with Crippen molar-refractivity contribution in [1.29, 1.82) is 0 Å². The lowest BCUT2D eigenvalue weighted by atomic mass is 9.89. The van der Waals surface area contributed by atoms with E-state index in [0.717, 1.165) is 0 Å². The maximum Gasteiger partial charge on any atom is 0.311 e. The minimum atomic E-state index is -0.987. The number of carboxylic acids is 2. The molecule has 0 radical (unpaired) electrons. The Balaban J connectivity index is 2.29. The molecule has 1 aliphatic rings. The van der Waals surface area contributed by atoms with Crippen molar-refractivity contribution >= 4 is 11.9 Å². The zero-order valence-electron chi connectivity index (χ0n) is 9.00. The number of fused-ring (bicyclic) bond motifs is 1. The third-order valence-corrected chi connectivity index (χ3v) is 2.79. The highest BCUT2D eigenvalue weighted by Gasteiger charge is 2.33. The summed E-state index contributed by atoms with van der Waals surface area (Å²) >= 11 is 0. The molecule has 2 atom stereocenters. The van der Waals surface area contributed by atoms with E-state index in [9.17, 15) is 9.59 Å². The van der Waals surface area contributed by atoms with E-state index in [1.54, 1.807) is 24.3 Å². The van der Waals surface area contributed by atoms with Crippen LogP contribution in [0.15, 0.2) is 24.3 Å². The SMILES string of the molecule is O=C(O)CC1CC(C(=O)O)c2ccccc2O1. The Morgan fingerprint density at radius 3 is 2.65 bits per heavy atom. The van der Waals surface area contributed by atoms with Crippen LogP contribution in [0.5, 0.6) is 5.75 Å². The van der Waals surface area contributed by atoms with E-state index in [4.69, 9.17) is 14.9 Å². The molecule has 17 heavy (non-hydrogen) atoms. The molecule has 5 heteroatoms. The molecule has 0 saturated carbocycles. The van der Waals surface area contributed by atoms with Gasteiger partial charge in [0.1, 0.15) is 11.9 Å². The minimum Gasteiger partial charge on any atom is -0.489 e. The number of aliphatic carboxylic acids is 2. The second-order valence-electron chi connectivity index (χ2n) is 4.00. The Morgan fingerprint density at radius 1 is 1.29 bits per heavy atom. The highest BCUT2D eigenvalue weighted by Crippen LogP contribution is 2.37. The smallest absolute Gasteiger partial charge is 0.311 e. The van der Waals surface area contributed by atoms with Gasteiger partial charge in [0.25, 0.3) is 0 Å². The number of carbonyl (C=O) groups is 2. The lowest BCUT2D eigenvalue weighted by Gasteiger charge is -2.29. The van der Waals surface area contributed by atoms with Crippen LogP contribution in [0.25, 0.3) is 0 Å². The Bertz CT molecular complexity index is 454. The molecule has 0 aliphatic carbocycles. The minimum absolute atomic E-state index is 0.182. The van der Waals surface area contributed by atoms with Crippen molar-refractivity contribution in [2.45, 2.75) is 24.9 Å². The van der Waals surface area contributed by atoms with Crippen molar-refractivity contribution in [2.75, 3.05) is 0 Å². The fourth-order valence-corrected chi connectivity index (χ4v) is 2.05. The van der Waals surface area contributed by atoms with Gasteiger partial charge in [0.2, 0.25) is 0 Å². The first-order valence-electron chi connectivity index (χ1n) is 5.28. The summed E-state index contributed by atoms with van der Waals surface area (Å²) < 4.78 is 5.48. The fraction of sp³-hybridized carbons (Fsp3) is 0.333. The van der Waals surface area contributed by atoms with Gasteiger partial charge >= 0.3 is 11.9 Å². The summed E-state index contributed by atoms with van der Waals surface area (Å²) in [6.07, 6.45) is -0.569. The van der Waals surface area contributed by atoms with E-state index < -0.39 is 24.0 Å². The third-order valence-electron chi connectivity index (χ3n) is 2.79. The molecule has 1 heterocycles. The summed E-state index contributed by atoms with van der Waals surface area (Å²) in [5.74, 6) is -2.16. The maximum atomic E-state index is 11.1. The zero-order valence-corrected chi connectivity index (χ0v) is 9.00. The molecule has 2 N–H and O–H groups in total. The van der Waals surface area contributed by atoms with E-state index in [-0.39, 0.29) is 12.8 Å². The van der Waals surface area contributed by atoms with Gasteiger partial charge in [-0.05, 0) is 6.07 Å². The second kappa shape index (κ2) is 4.45. The summed E-state index contributed by atoms with van der Waals surface area (Å²) in [7, 11) is 0. The second-order valence-corrected chi connectivity index (χ2v) is 4.00. The van der Waals surface area contributed by atoms with E-state index in [1.807, 2.05) is 0 Å². The van der Waals surface area contributed by atoms with E-state index >= 15 is 0 Å². The number of carboxylic acid groups (broad SMARTS) is 2. The first-order chi connectivity index (χ1) is 8.08. The van der Waals surface area contributed by atoms with Crippen molar-refractivity contribution in [3.63, 3.8) is 0 Å². The van der Waals surface area contributed by atoms with Gasteiger partial charge in [-0.15, -0.1) is 0 Å². The quantitative estimate of drug-likeness (QED) is 0.830. The third kappa shape index (κ3) is 2.38. The normalized spacial score (nSPS) is 22.4. The van der Waals surface area contributed by atoms with Crippen molar-refractivity contribution in [2.24, 2.45) is 0 Å². The number of para-hydroxylation sites is 1. The Hall–Kier alpha value is -2.04. The van der Waals surface area contributed by atoms with Gasteiger partial charge < -0.3 is 14.9 Å². The van der Waals surface area contributed by atoms with Crippen LogP contribution in [0, 0.1) is 0 Å². The first-order valence-corrected chi connectivity index (χ1v) is 5.28. The predicted octanol–water partition coefficient (Wildman–Crippen LogP) is 1.48. The van der Waals surface area contributed by atoms with Crippen LogP contribution in [-0.4, -0.2) is 28.3 Å². The monoisotopic (exact) mass is 236 g/mol. The molecule has 2 rings (SSSR count). The van der Waals surface area contributed by atoms with Crippen LogP contribution < -0.4 is 4.74 Å². The average Bonchev–Trinajstić information content (AvgIpc) is 2.27. The van der Waals surface area contributed by atoms with Crippen molar-refractivity contribution in [3.8, 4) is 5.75 Å². The molecule has 0 fully saturated rings. The summed E-state index contributed by atoms with van der Waals surface area (Å²) in [6.45, 7) is 0. The molecule has 0 spiro atoms. The molecule has 5 nitrogen and oxygen atoms in total. The molecule has 0 bridgehead atoms. The molecule has 2 unspecified atom stereocenters. The fourth-order valence-electron chi connectivity index (χ4n) is 2.05. The predicted molar refractivity (Wildman–Crippen MR) is 58.1 cm³/mol. The summed E-state index contributed by atoms with van der Waals surface area (Å²) in [5.41, 5.74) is 0.613. The van der Waals surface area contributed by atoms with Crippen LogP contribution >= 0.6 is 0 Å².